The molecule has 2 heterocycles. The average molecular weight is 433 g/mol. The minimum Gasteiger partial charge on any atom is -0.493 e. The van der Waals surface area contributed by atoms with Crippen molar-refractivity contribution in [2.45, 2.75) is 26.8 Å². The molecule has 0 radical (unpaired) electrons. The Morgan fingerprint density at radius 2 is 1.97 bits per heavy atom. The molecule has 0 bridgehead atoms. The Labute approximate surface area is 183 Å². The van der Waals surface area contributed by atoms with Crippen molar-refractivity contribution in [1.29, 1.82) is 0 Å². The maximum Gasteiger partial charge on any atom is 0.440 e. The van der Waals surface area contributed by atoms with Crippen LogP contribution in [0.25, 0.3) is 17.0 Å². The second kappa shape index (κ2) is 9.38. The van der Waals surface area contributed by atoms with E-state index in [2.05, 4.69) is 9.97 Å². The number of benzene rings is 2. The number of aromatic amines is 1. The van der Waals surface area contributed by atoms with Crippen molar-refractivity contribution >= 4 is 5.57 Å². The average Bonchev–Trinajstić information content (AvgIpc) is 3.33. The van der Waals surface area contributed by atoms with E-state index >= 15 is 0 Å². The second-order valence-electron chi connectivity index (χ2n) is 7.27. The van der Waals surface area contributed by atoms with Crippen molar-refractivity contribution in [3.05, 3.63) is 98.7 Å². The van der Waals surface area contributed by atoms with Crippen LogP contribution >= 0.6 is 0 Å². The van der Waals surface area contributed by atoms with Gasteiger partial charge < -0.3 is 13.7 Å². The van der Waals surface area contributed by atoms with Crippen molar-refractivity contribution in [1.82, 2.24) is 14.7 Å². The zero-order valence-corrected chi connectivity index (χ0v) is 17.8. The summed E-state index contributed by atoms with van der Waals surface area (Å²) in [5, 5.41) is 0. The van der Waals surface area contributed by atoms with Crippen LogP contribution in [0.5, 0.6) is 5.75 Å². The Bertz CT molecular complexity index is 1340. The molecule has 0 saturated carbocycles. The molecule has 8 heteroatoms. The summed E-state index contributed by atoms with van der Waals surface area (Å²) in [6.07, 6.45) is 2.43. The van der Waals surface area contributed by atoms with Gasteiger partial charge in [0.2, 0.25) is 5.89 Å². The normalized spacial score (nSPS) is 11.6. The topological polar surface area (TPSA) is 103 Å². The number of nitrogens with one attached hydrogen (secondary N) is 1. The molecule has 0 spiro atoms. The number of aromatic nitrogens is 3. The highest BCUT2D eigenvalue weighted by Gasteiger charge is 2.11. The number of H-pyrrole nitrogens is 1. The van der Waals surface area contributed by atoms with Gasteiger partial charge in [-0.25, -0.2) is 19.6 Å². The van der Waals surface area contributed by atoms with Gasteiger partial charge in [-0.05, 0) is 49.2 Å². The van der Waals surface area contributed by atoms with Gasteiger partial charge >= 0.3 is 11.4 Å². The third-order valence-electron chi connectivity index (χ3n) is 5.00. The number of rotatable bonds is 8. The Morgan fingerprint density at radius 1 is 1.16 bits per heavy atom. The fraction of sp³-hybridized carbons (Fsp3) is 0.208. The number of ether oxygens (including phenoxy) is 1. The van der Waals surface area contributed by atoms with Crippen LogP contribution in [0.3, 0.4) is 0 Å². The fourth-order valence-corrected chi connectivity index (χ4v) is 3.23. The van der Waals surface area contributed by atoms with Crippen molar-refractivity contribution in [3.63, 3.8) is 0 Å². The lowest BCUT2D eigenvalue weighted by Gasteiger charge is -2.08. The van der Waals surface area contributed by atoms with E-state index in [1.807, 2.05) is 68.4 Å². The van der Waals surface area contributed by atoms with E-state index < -0.39 is 11.4 Å². The van der Waals surface area contributed by atoms with E-state index in [0.29, 0.717) is 18.9 Å². The number of aryl methyl sites for hydroxylation is 1. The zero-order chi connectivity index (χ0) is 22.5. The first-order valence-corrected chi connectivity index (χ1v) is 10.2. The number of hydrogen-bond donors (Lipinski definition) is 1. The summed E-state index contributed by atoms with van der Waals surface area (Å²) in [6.45, 7) is 4.43. The fourth-order valence-electron chi connectivity index (χ4n) is 3.23. The van der Waals surface area contributed by atoms with Crippen LogP contribution in [0.4, 0.5) is 0 Å². The molecule has 164 valence electrons. The zero-order valence-electron chi connectivity index (χ0n) is 17.8. The molecule has 4 aromatic rings. The van der Waals surface area contributed by atoms with Gasteiger partial charge in [0.15, 0.2) is 0 Å². The number of allylic oxidation sites excluding steroid dienone is 2. The van der Waals surface area contributed by atoms with Gasteiger partial charge in [0, 0.05) is 12.0 Å². The lowest BCUT2D eigenvalue weighted by atomic mass is 10.1. The molecule has 2 aromatic carbocycles. The molecule has 2 aromatic heterocycles. The predicted molar refractivity (Wildman–Crippen MR) is 120 cm³/mol. The number of nitrogens with zero attached hydrogens (tertiary/aromatic N) is 2. The first-order valence-electron chi connectivity index (χ1n) is 10.2. The number of hydrogen-bond acceptors (Lipinski definition) is 6. The van der Waals surface area contributed by atoms with Crippen LogP contribution in [0.1, 0.15) is 23.9 Å². The first-order chi connectivity index (χ1) is 15.5. The Balaban J connectivity index is 1.38. The van der Waals surface area contributed by atoms with E-state index in [1.54, 1.807) is 6.08 Å². The summed E-state index contributed by atoms with van der Waals surface area (Å²) in [5.74, 6) is 1.35. The monoisotopic (exact) mass is 433 g/mol. The molecule has 0 atom stereocenters. The molecule has 0 fully saturated rings. The SMILES string of the molecule is CC(=CCn1oc(=O)[nH]c1=O)c1cccc(OCCc2nc(-c3ccccc3)oc2C)c1. The lowest BCUT2D eigenvalue weighted by molar-refractivity contribution is 0.261. The Hall–Kier alpha value is -4.07. The van der Waals surface area contributed by atoms with E-state index in [0.717, 1.165) is 38.6 Å². The highest BCUT2D eigenvalue weighted by molar-refractivity contribution is 5.64. The van der Waals surface area contributed by atoms with Crippen LogP contribution in [-0.2, 0) is 13.0 Å². The molecule has 0 aliphatic rings. The Kier molecular flexibility index (Phi) is 6.21. The molecule has 0 aliphatic heterocycles. The molecule has 0 aliphatic carbocycles. The van der Waals surface area contributed by atoms with Crippen LogP contribution in [0.15, 0.2) is 79.2 Å². The summed E-state index contributed by atoms with van der Waals surface area (Å²) < 4.78 is 17.5. The van der Waals surface area contributed by atoms with Gasteiger partial charge in [0.25, 0.3) is 0 Å². The maximum absolute atomic E-state index is 11.5. The maximum atomic E-state index is 11.5. The minimum absolute atomic E-state index is 0.156. The summed E-state index contributed by atoms with van der Waals surface area (Å²) in [7, 11) is 0. The molecule has 8 nitrogen and oxygen atoms in total. The van der Waals surface area contributed by atoms with Crippen molar-refractivity contribution in [3.8, 4) is 17.2 Å². The molecule has 0 saturated heterocycles. The first kappa shape index (κ1) is 21.2. The van der Waals surface area contributed by atoms with Gasteiger partial charge in [-0.3, -0.25) is 0 Å². The standard InChI is InChI=1S/C24H23N3O5/c1-16(11-13-27-23(28)26-24(29)32-27)19-9-6-10-20(15-19)30-14-12-21-17(2)31-22(25-21)18-7-4-3-5-8-18/h3-11,15H,12-14H2,1-2H3,(H,26,28,29). The summed E-state index contributed by atoms with van der Waals surface area (Å²) in [4.78, 5) is 29.3. The summed E-state index contributed by atoms with van der Waals surface area (Å²) in [6, 6.07) is 17.4. The lowest BCUT2D eigenvalue weighted by Crippen LogP contribution is -2.15. The molecule has 32 heavy (non-hydrogen) atoms. The second-order valence-corrected chi connectivity index (χ2v) is 7.27. The van der Waals surface area contributed by atoms with Crippen LogP contribution < -0.4 is 16.2 Å². The van der Waals surface area contributed by atoms with Crippen LogP contribution in [0, 0.1) is 6.92 Å². The molecular formula is C24H23N3O5. The van der Waals surface area contributed by atoms with E-state index in [-0.39, 0.29) is 6.54 Å². The summed E-state index contributed by atoms with van der Waals surface area (Å²) >= 11 is 0. The molecule has 4 rings (SSSR count). The quantitative estimate of drug-likeness (QED) is 0.453. The van der Waals surface area contributed by atoms with E-state index in [1.165, 1.54) is 0 Å². The molecule has 0 amide bonds. The predicted octanol–water partition coefficient (Wildman–Crippen LogP) is 3.82. The minimum atomic E-state index is -0.769. The van der Waals surface area contributed by atoms with Crippen molar-refractivity contribution < 1.29 is 13.7 Å². The third-order valence-corrected chi connectivity index (χ3v) is 5.00. The number of oxazole rings is 1. The highest BCUT2D eigenvalue weighted by Crippen LogP contribution is 2.23. The van der Waals surface area contributed by atoms with Gasteiger partial charge in [-0.1, -0.05) is 36.4 Å². The van der Waals surface area contributed by atoms with Gasteiger partial charge in [-0.15, -0.1) is 4.74 Å². The smallest absolute Gasteiger partial charge is 0.440 e. The van der Waals surface area contributed by atoms with Crippen LogP contribution in [-0.4, -0.2) is 21.3 Å². The molecule has 0 unspecified atom stereocenters. The van der Waals surface area contributed by atoms with E-state index in [4.69, 9.17) is 13.7 Å². The summed E-state index contributed by atoms with van der Waals surface area (Å²) in [5.41, 5.74) is 3.10. The van der Waals surface area contributed by atoms with Crippen molar-refractivity contribution in [2.75, 3.05) is 6.61 Å². The van der Waals surface area contributed by atoms with E-state index in [9.17, 15) is 9.59 Å². The molecular weight excluding hydrogens is 410 g/mol. The van der Waals surface area contributed by atoms with Crippen molar-refractivity contribution in [2.24, 2.45) is 0 Å². The van der Waals surface area contributed by atoms with Gasteiger partial charge in [0.05, 0.1) is 18.8 Å². The van der Waals surface area contributed by atoms with Crippen LogP contribution in [0.2, 0.25) is 0 Å². The molecule has 1 N–H and O–H groups in total. The Morgan fingerprint density at radius 3 is 2.72 bits per heavy atom. The highest BCUT2D eigenvalue weighted by atomic mass is 16.5. The largest absolute Gasteiger partial charge is 0.493 e. The third kappa shape index (κ3) is 4.97. The van der Waals surface area contributed by atoms with Gasteiger partial charge in [-0.2, -0.15) is 0 Å². The van der Waals surface area contributed by atoms with Gasteiger partial charge in [0.1, 0.15) is 11.5 Å².